The fourth-order valence-corrected chi connectivity index (χ4v) is 3.77. The van der Waals surface area contributed by atoms with Crippen LogP contribution >= 0.6 is 11.3 Å². The summed E-state index contributed by atoms with van der Waals surface area (Å²) in [7, 11) is 1.63. The van der Waals surface area contributed by atoms with Crippen molar-refractivity contribution < 1.29 is 9.53 Å². The Labute approximate surface area is 150 Å². The number of hydrogen-bond acceptors (Lipinski definition) is 3. The summed E-state index contributed by atoms with van der Waals surface area (Å²) in [4.78, 5) is 17.4. The topological polar surface area (TPSA) is 43.6 Å². The Balaban J connectivity index is 1.93. The highest BCUT2D eigenvalue weighted by Gasteiger charge is 2.08. The summed E-state index contributed by atoms with van der Waals surface area (Å²) in [5.41, 5.74) is 2.91. The first kappa shape index (κ1) is 17.0. The predicted octanol–water partition coefficient (Wildman–Crippen LogP) is 3.32. The highest BCUT2D eigenvalue weighted by Crippen LogP contribution is 2.19. The first-order chi connectivity index (χ1) is 12.1. The molecule has 0 N–H and O–H groups in total. The number of methoxy groups -OCH3 is 1. The number of thiazole rings is 1. The lowest BCUT2D eigenvalue weighted by Gasteiger charge is -2.06. The van der Waals surface area contributed by atoms with Crippen molar-refractivity contribution in [2.24, 2.45) is 4.99 Å². The quantitative estimate of drug-likeness (QED) is 0.678. The third-order valence-corrected chi connectivity index (χ3v) is 4.93. The first-order valence-electron chi connectivity index (χ1n) is 7.85. The molecule has 1 amide bonds. The van der Waals surface area contributed by atoms with E-state index in [0.29, 0.717) is 11.3 Å². The van der Waals surface area contributed by atoms with Gasteiger partial charge in [-0.2, -0.15) is 4.99 Å². The van der Waals surface area contributed by atoms with Crippen LogP contribution < -0.4 is 9.54 Å². The average molecular weight is 350 g/mol. The molecule has 126 valence electrons. The zero-order chi connectivity index (χ0) is 17.8. The van der Waals surface area contributed by atoms with Gasteiger partial charge in [-0.25, -0.2) is 0 Å². The Morgan fingerprint density at radius 1 is 1.32 bits per heavy atom. The predicted molar refractivity (Wildman–Crippen MR) is 101 cm³/mol. The van der Waals surface area contributed by atoms with Gasteiger partial charge in [0.25, 0.3) is 5.91 Å². The van der Waals surface area contributed by atoms with Crippen LogP contribution in [0.5, 0.6) is 5.75 Å². The lowest BCUT2D eigenvalue weighted by Crippen LogP contribution is -2.17. The zero-order valence-electron chi connectivity index (χ0n) is 14.2. The summed E-state index contributed by atoms with van der Waals surface area (Å²) in [5, 5.41) is 0. The van der Waals surface area contributed by atoms with E-state index in [1.54, 1.807) is 7.11 Å². The lowest BCUT2D eigenvalue weighted by atomic mass is 10.1. The second-order valence-electron chi connectivity index (χ2n) is 5.63. The van der Waals surface area contributed by atoms with Crippen LogP contribution in [-0.4, -0.2) is 17.6 Å². The van der Waals surface area contributed by atoms with Crippen molar-refractivity contribution in [1.29, 1.82) is 0 Å². The van der Waals surface area contributed by atoms with Crippen LogP contribution in [0.15, 0.2) is 47.5 Å². The number of amides is 1. The Morgan fingerprint density at radius 2 is 2.12 bits per heavy atom. The third kappa shape index (κ3) is 3.65. The molecule has 0 aliphatic rings. The molecule has 0 radical (unpaired) electrons. The highest BCUT2D eigenvalue weighted by molar-refractivity contribution is 7.16. The van der Waals surface area contributed by atoms with Crippen molar-refractivity contribution >= 4 is 27.5 Å². The number of carbonyl (C=O) groups excluding carboxylic acids is 1. The normalized spacial score (nSPS) is 11.5. The van der Waals surface area contributed by atoms with Gasteiger partial charge in [0.05, 0.1) is 30.3 Å². The third-order valence-electron chi connectivity index (χ3n) is 3.87. The van der Waals surface area contributed by atoms with Crippen LogP contribution in [0, 0.1) is 19.3 Å². The number of fused-ring (bicyclic) bond motifs is 1. The molecule has 3 rings (SSSR count). The van der Waals surface area contributed by atoms with Gasteiger partial charge in [0.1, 0.15) is 5.75 Å². The maximum Gasteiger partial charge on any atom is 0.252 e. The fourth-order valence-electron chi connectivity index (χ4n) is 2.72. The molecule has 0 spiro atoms. The van der Waals surface area contributed by atoms with Gasteiger partial charge in [-0.3, -0.25) is 4.79 Å². The van der Waals surface area contributed by atoms with Crippen LogP contribution in [0.2, 0.25) is 0 Å². The minimum atomic E-state index is -0.193. The van der Waals surface area contributed by atoms with Crippen LogP contribution in [0.4, 0.5) is 0 Å². The number of ether oxygens (including phenoxy) is 1. The first-order valence-corrected chi connectivity index (χ1v) is 8.67. The van der Waals surface area contributed by atoms with Crippen molar-refractivity contribution in [2.75, 3.05) is 7.11 Å². The summed E-state index contributed by atoms with van der Waals surface area (Å²) >= 11 is 1.47. The molecule has 2 aromatic carbocycles. The molecular formula is C20H18N2O2S. The van der Waals surface area contributed by atoms with Gasteiger partial charge in [0.15, 0.2) is 4.80 Å². The molecule has 1 aromatic heterocycles. The summed E-state index contributed by atoms with van der Waals surface area (Å²) in [5.74, 6) is 3.25. The number of terminal acetylenes is 1. The molecule has 0 saturated carbocycles. The fraction of sp³-hybridized carbons (Fsp3) is 0.200. The number of para-hydroxylation sites is 1. The smallest absolute Gasteiger partial charge is 0.252 e. The Hall–Kier alpha value is -2.84. The average Bonchev–Trinajstić information content (AvgIpc) is 2.93. The van der Waals surface area contributed by atoms with E-state index < -0.39 is 0 Å². The van der Waals surface area contributed by atoms with Crippen LogP contribution in [0.25, 0.3) is 10.2 Å². The van der Waals surface area contributed by atoms with Gasteiger partial charge in [-0.05, 0) is 36.2 Å². The second-order valence-corrected chi connectivity index (χ2v) is 6.64. The zero-order valence-corrected chi connectivity index (χ0v) is 15.0. The number of hydrogen-bond donors (Lipinski definition) is 0. The monoisotopic (exact) mass is 350 g/mol. The molecule has 0 saturated heterocycles. The number of benzene rings is 2. The number of aromatic nitrogens is 1. The molecule has 0 aliphatic heterocycles. The van der Waals surface area contributed by atoms with Gasteiger partial charge in [0.2, 0.25) is 0 Å². The maximum atomic E-state index is 12.4. The SMILES string of the molecule is C#CCn1c(=NC(=O)Cc2ccc(OC)c(C)c2)sc2ccccc21. The lowest BCUT2D eigenvalue weighted by molar-refractivity contribution is -0.117. The van der Waals surface area contributed by atoms with Gasteiger partial charge < -0.3 is 9.30 Å². The van der Waals surface area contributed by atoms with Gasteiger partial charge in [0, 0.05) is 0 Å². The summed E-state index contributed by atoms with van der Waals surface area (Å²) in [6.07, 6.45) is 5.72. The molecule has 4 nitrogen and oxygen atoms in total. The summed E-state index contributed by atoms with van der Waals surface area (Å²) < 4.78 is 8.21. The van der Waals surface area contributed by atoms with Crippen molar-refractivity contribution in [3.8, 4) is 18.1 Å². The number of nitrogens with zero attached hydrogens (tertiary/aromatic N) is 2. The molecule has 0 atom stereocenters. The van der Waals surface area contributed by atoms with E-state index in [9.17, 15) is 4.79 Å². The van der Waals surface area contributed by atoms with E-state index in [1.807, 2.05) is 54.0 Å². The van der Waals surface area contributed by atoms with Gasteiger partial charge in [-0.15, -0.1) is 6.42 Å². The van der Waals surface area contributed by atoms with Crippen molar-refractivity contribution in [2.45, 2.75) is 19.9 Å². The van der Waals surface area contributed by atoms with E-state index in [0.717, 1.165) is 27.1 Å². The molecule has 0 fully saturated rings. The molecule has 3 aromatic rings. The molecule has 0 bridgehead atoms. The molecule has 5 heteroatoms. The molecule has 0 unspecified atom stereocenters. The molecular weight excluding hydrogens is 332 g/mol. The van der Waals surface area contributed by atoms with E-state index in [2.05, 4.69) is 10.9 Å². The van der Waals surface area contributed by atoms with Crippen molar-refractivity contribution in [3.05, 3.63) is 58.4 Å². The summed E-state index contributed by atoms with van der Waals surface area (Å²) in [6.45, 7) is 2.34. The maximum absolute atomic E-state index is 12.4. The summed E-state index contributed by atoms with van der Waals surface area (Å²) in [6, 6.07) is 13.6. The second kappa shape index (κ2) is 7.37. The van der Waals surface area contributed by atoms with Crippen LogP contribution in [-0.2, 0) is 17.8 Å². The van der Waals surface area contributed by atoms with Crippen molar-refractivity contribution in [3.63, 3.8) is 0 Å². The van der Waals surface area contributed by atoms with Crippen LogP contribution in [0.3, 0.4) is 0 Å². The molecule has 1 heterocycles. The Bertz CT molecular complexity index is 1040. The Morgan fingerprint density at radius 3 is 2.84 bits per heavy atom. The molecule has 25 heavy (non-hydrogen) atoms. The number of carbonyl (C=O) groups is 1. The van der Waals surface area contributed by atoms with Gasteiger partial charge in [-0.1, -0.05) is 41.5 Å². The number of aryl methyl sites for hydroxylation is 1. The minimum absolute atomic E-state index is 0.193. The number of rotatable bonds is 4. The van der Waals surface area contributed by atoms with Gasteiger partial charge >= 0.3 is 0 Å². The largest absolute Gasteiger partial charge is 0.496 e. The van der Waals surface area contributed by atoms with E-state index in [-0.39, 0.29) is 12.3 Å². The van der Waals surface area contributed by atoms with E-state index in [1.165, 1.54) is 11.3 Å². The molecule has 0 aliphatic carbocycles. The van der Waals surface area contributed by atoms with Crippen molar-refractivity contribution in [1.82, 2.24) is 4.57 Å². The Kier molecular flexibility index (Phi) is 5.01. The standard InChI is InChI=1S/C20H18N2O2S/c1-4-11-22-16-7-5-6-8-18(16)25-20(22)21-19(23)13-15-9-10-17(24-3)14(2)12-15/h1,5-10,12H,11,13H2,2-3H3. The van der Waals surface area contributed by atoms with Crippen LogP contribution in [0.1, 0.15) is 11.1 Å². The van der Waals surface area contributed by atoms with E-state index >= 15 is 0 Å². The van der Waals surface area contributed by atoms with E-state index in [4.69, 9.17) is 11.2 Å². The highest BCUT2D eigenvalue weighted by atomic mass is 32.1. The minimum Gasteiger partial charge on any atom is -0.496 e.